The van der Waals surface area contributed by atoms with Crippen molar-refractivity contribution in [2.45, 2.75) is 31.5 Å². The highest BCUT2D eigenvalue weighted by Crippen LogP contribution is 2.38. The Morgan fingerprint density at radius 3 is 2.88 bits per heavy atom. The first-order valence-corrected chi connectivity index (χ1v) is 8.87. The van der Waals surface area contributed by atoms with Crippen LogP contribution in [-0.4, -0.2) is 50.9 Å². The van der Waals surface area contributed by atoms with Gasteiger partial charge in [0.1, 0.15) is 10.7 Å². The largest absolute Gasteiger partial charge is 0.393 e. The third-order valence-corrected chi connectivity index (χ3v) is 5.06. The highest BCUT2D eigenvalue weighted by atomic mass is 32.1. The van der Waals surface area contributed by atoms with Crippen LogP contribution >= 0.6 is 11.3 Å². The van der Waals surface area contributed by atoms with Gasteiger partial charge in [-0.2, -0.15) is 5.10 Å². The maximum atomic E-state index is 12.6. The Kier molecular flexibility index (Phi) is 4.98. The third-order valence-electron chi connectivity index (χ3n) is 4.23. The van der Waals surface area contributed by atoms with Gasteiger partial charge in [0.2, 0.25) is 0 Å². The molecule has 2 heterocycles. The molecule has 8 heteroatoms. The Labute approximate surface area is 145 Å². The molecule has 130 valence electrons. The summed E-state index contributed by atoms with van der Waals surface area (Å²) in [6.07, 6.45) is 4.81. The van der Waals surface area contributed by atoms with Crippen LogP contribution in [0.15, 0.2) is 17.8 Å². The lowest BCUT2D eigenvalue weighted by atomic mass is 9.75. The zero-order valence-electron chi connectivity index (χ0n) is 14.1. The van der Waals surface area contributed by atoms with Crippen LogP contribution in [0.5, 0.6) is 0 Å². The fraction of sp³-hybridized carbons (Fsp3) is 0.562. The Morgan fingerprint density at radius 1 is 1.54 bits per heavy atom. The summed E-state index contributed by atoms with van der Waals surface area (Å²) >= 11 is 1.49. The molecule has 0 bridgehead atoms. The Morgan fingerprint density at radius 2 is 2.29 bits per heavy atom. The van der Waals surface area contributed by atoms with Crippen LogP contribution in [-0.2, 0) is 13.6 Å². The van der Waals surface area contributed by atoms with E-state index in [4.69, 9.17) is 0 Å². The number of hydrogen-bond donors (Lipinski definition) is 2. The fourth-order valence-electron chi connectivity index (χ4n) is 2.95. The van der Waals surface area contributed by atoms with E-state index in [9.17, 15) is 9.90 Å². The number of aromatic nitrogens is 3. The van der Waals surface area contributed by atoms with Crippen LogP contribution < -0.4 is 5.32 Å². The van der Waals surface area contributed by atoms with Gasteiger partial charge in [-0.3, -0.25) is 9.48 Å². The van der Waals surface area contributed by atoms with Gasteiger partial charge in [-0.25, -0.2) is 4.98 Å². The highest BCUT2D eigenvalue weighted by molar-refractivity contribution is 7.09. The lowest BCUT2D eigenvalue weighted by Crippen LogP contribution is -2.41. The predicted molar refractivity (Wildman–Crippen MR) is 91.7 cm³/mol. The number of carbonyl (C=O) groups excluding carboxylic acids is 1. The van der Waals surface area contributed by atoms with E-state index >= 15 is 0 Å². The molecule has 7 nitrogen and oxygen atoms in total. The van der Waals surface area contributed by atoms with Gasteiger partial charge in [-0.05, 0) is 32.9 Å². The van der Waals surface area contributed by atoms with Crippen LogP contribution in [0, 0.1) is 5.92 Å². The molecule has 0 aliphatic heterocycles. The van der Waals surface area contributed by atoms with E-state index in [1.54, 1.807) is 16.3 Å². The molecule has 0 spiro atoms. The average molecular weight is 349 g/mol. The van der Waals surface area contributed by atoms with Crippen molar-refractivity contribution in [1.82, 2.24) is 25.0 Å². The molecule has 1 aliphatic rings. The second-order valence-electron chi connectivity index (χ2n) is 6.65. The van der Waals surface area contributed by atoms with Crippen LogP contribution in [0.1, 0.15) is 39.9 Å². The van der Waals surface area contributed by atoms with Gasteiger partial charge in [-0.1, -0.05) is 0 Å². The molecule has 0 saturated heterocycles. The van der Waals surface area contributed by atoms with Gasteiger partial charge in [0.05, 0.1) is 18.3 Å². The van der Waals surface area contributed by atoms with Crippen molar-refractivity contribution in [1.29, 1.82) is 0 Å². The summed E-state index contributed by atoms with van der Waals surface area (Å²) in [7, 11) is 5.80. The molecule has 2 aromatic rings. The molecule has 2 N–H and O–H groups in total. The summed E-state index contributed by atoms with van der Waals surface area (Å²) in [5.41, 5.74) is 1.41. The van der Waals surface area contributed by atoms with Crippen molar-refractivity contribution in [2.75, 3.05) is 14.1 Å². The molecule has 1 unspecified atom stereocenters. The van der Waals surface area contributed by atoms with E-state index in [0.717, 1.165) is 17.1 Å². The molecule has 1 fully saturated rings. The molecular formula is C16H23N5O2S. The lowest BCUT2D eigenvalue weighted by Gasteiger charge is -2.37. The molecule has 1 aliphatic carbocycles. The van der Waals surface area contributed by atoms with Crippen molar-refractivity contribution in [3.05, 3.63) is 34.0 Å². The number of aliphatic hydroxyl groups is 1. The number of rotatable bonds is 6. The zero-order chi connectivity index (χ0) is 17.3. The fourth-order valence-corrected chi connectivity index (χ4v) is 3.84. The first-order chi connectivity index (χ1) is 11.4. The smallest absolute Gasteiger partial charge is 0.271 e. The van der Waals surface area contributed by atoms with Crippen molar-refractivity contribution in [3.63, 3.8) is 0 Å². The number of hydrogen-bond acceptors (Lipinski definition) is 6. The summed E-state index contributed by atoms with van der Waals surface area (Å²) < 4.78 is 1.72. The number of nitrogens with one attached hydrogen (secondary N) is 1. The first kappa shape index (κ1) is 17.1. The molecule has 1 atom stereocenters. The van der Waals surface area contributed by atoms with Gasteiger partial charge in [-0.15, -0.1) is 11.3 Å². The van der Waals surface area contributed by atoms with Gasteiger partial charge in [0, 0.05) is 30.7 Å². The summed E-state index contributed by atoms with van der Waals surface area (Å²) in [4.78, 5) is 19.0. The zero-order valence-corrected chi connectivity index (χ0v) is 15.0. The van der Waals surface area contributed by atoms with E-state index in [1.807, 2.05) is 32.2 Å². The second kappa shape index (κ2) is 7.00. The molecule has 24 heavy (non-hydrogen) atoms. The van der Waals surface area contributed by atoms with Crippen LogP contribution in [0.2, 0.25) is 0 Å². The van der Waals surface area contributed by atoms with Gasteiger partial charge < -0.3 is 15.3 Å². The minimum atomic E-state index is -0.267. The normalized spacial score (nSPS) is 21.5. The quantitative estimate of drug-likeness (QED) is 0.818. The highest BCUT2D eigenvalue weighted by Gasteiger charge is 2.36. The molecule has 0 aromatic carbocycles. The predicted octanol–water partition coefficient (Wildman–Crippen LogP) is 1.18. The summed E-state index contributed by atoms with van der Waals surface area (Å²) in [5.74, 6) is 0.0551. The number of nitrogens with zero attached hydrogens (tertiary/aromatic N) is 4. The Balaban J connectivity index is 1.72. The molecule has 1 saturated carbocycles. The minimum Gasteiger partial charge on any atom is -0.393 e. The first-order valence-electron chi connectivity index (χ1n) is 7.99. The lowest BCUT2D eigenvalue weighted by molar-refractivity contribution is 0.0234. The number of aliphatic hydroxyl groups excluding tert-OH is 1. The molecule has 1 amide bonds. The summed E-state index contributed by atoms with van der Waals surface area (Å²) in [6.45, 7) is 0.721. The number of thiazole rings is 1. The molecule has 3 rings (SSSR count). The van der Waals surface area contributed by atoms with E-state index in [1.165, 1.54) is 11.3 Å². The topological polar surface area (TPSA) is 83.3 Å². The number of carbonyl (C=O) groups is 1. The van der Waals surface area contributed by atoms with Gasteiger partial charge in [0.15, 0.2) is 0 Å². The van der Waals surface area contributed by atoms with Gasteiger partial charge >= 0.3 is 0 Å². The monoisotopic (exact) mass is 349 g/mol. The van der Waals surface area contributed by atoms with E-state index < -0.39 is 0 Å². The van der Waals surface area contributed by atoms with Crippen LogP contribution in [0.4, 0.5) is 0 Å². The Bertz CT molecular complexity index is 705. The number of aryl methyl sites for hydroxylation is 1. The van der Waals surface area contributed by atoms with E-state index in [-0.39, 0.29) is 24.0 Å². The SMILES string of the molecule is CN(C)Cc1nc(C(=O)NC(c2cnn(C)c2)C2CC(O)C2)cs1. The van der Waals surface area contributed by atoms with E-state index in [0.29, 0.717) is 18.5 Å². The van der Waals surface area contributed by atoms with E-state index in [2.05, 4.69) is 15.4 Å². The maximum absolute atomic E-state index is 12.6. The summed E-state index contributed by atoms with van der Waals surface area (Å²) in [5, 5.41) is 19.6. The summed E-state index contributed by atoms with van der Waals surface area (Å²) in [6, 6.07) is -0.145. The molecule has 2 aromatic heterocycles. The van der Waals surface area contributed by atoms with Gasteiger partial charge in [0.25, 0.3) is 5.91 Å². The van der Waals surface area contributed by atoms with Crippen molar-refractivity contribution in [3.8, 4) is 0 Å². The van der Waals surface area contributed by atoms with Crippen molar-refractivity contribution < 1.29 is 9.90 Å². The third kappa shape index (κ3) is 3.82. The van der Waals surface area contributed by atoms with Crippen LogP contribution in [0.3, 0.4) is 0 Å². The molecule has 0 radical (unpaired) electrons. The molecular weight excluding hydrogens is 326 g/mol. The van der Waals surface area contributed by atoms with Crippen LogP contribution in [0.25, 0.3) is 0 Å². The second-order valence-corrected chi connectivity index (χ2v) is 7.59. The van der Waals surface area contributed by atoms with Crippen molar-refractivity contribution >= 4 is 17.2 Å². The Hall–Kier alpha value is -1.77. The standard InChI is InChI=1S/C16H23N5O2S/c1-20(2)8-14-18-13(9-24-14)16(23)19-15(10-4-12(22)5-10)11-6-17-21(3)7-11/h6-7,9-10,12,15,22H,4-5,8H2,1-3H3,(H,19,23). The number of amides is 1. The maximum Gasteiger partial charge on any atom is 0.271 e. The average Bonchev–Trinajstić information content (AvgIpc) is 3.10. The minimum absolute atomic E-state index is 0.145. The van der Waals surface area contributed by atoms with Crippen molar-refractivity contribution in [2.24, 2.45) is 13.0 Å².